The number of benzene rings is 2. The number of furan rings is 1. The fourth-order valence-corrected chi connectivity index (χ4v) is 2.42. The number of phenolic OH excluding ortho intramolecular Hbond substituents is 1. The summed E-state index contributed by atoms with van der Waals surface area (Å²) in [5.74, 6) is -1.38. The van der Waals surface area contributed by atoms with Crippen LogP contribution in [0.2, 0.25) is 0 Å². The summed E-state index contributed by atoms with van der Waals surface area (Å²) in [6.07, 6.45) is 1.46. The maximum Gasteiger partial charge on any atom is 0.342 e. The highest BCUT2D eigenvalue weighted by Crippen LogP contribution is 2.28. The van der Waals surface area contributed by atoms with Crippen LogP contribution in [0.5, 0.6) is 5.75 Å². The number of aromatic hydroxyl groups is 1. The first-order valence-electron chi connectivity index (χ1n) is 8.02. The van der Waals surface area contributed by atoms with E-state index in [4.69, 9.17) is 9.15 Å². The van der Waals surface area contributed by atoms with Crippen LogP contribution >= 0.6 is 0 Å². The maximum atomic E-state index is 12.1. The van der Waals surface area contributed by atoms with E-state index in [0.717, 1.165) is 5.39 Å². The van der Waals surface area contributed by atoms with Crippen molar-refractivity contribution in [3.05, 3.63) is 66.1 Å². The summed E-state index contributed by atoms with van der Waals surface area (Å²) in [7, 11) is 0. The number of urea groups is 1. The molecule has 3 aromatic rings. The van der Waals surface area contributed by atoms with Crippen LogP contribution in [0.15, 0.2) is 59.2 Å². The van der Waals surface area contributed by atoms with Gasteiger partial charge in [0.1, 0.15) is 17.1 Å². The van der Waals surface area contributed by atoms with Crippen LogP contribution in [0.25, 0.3) is 10.8 Å². The molecule has 1 heterocycles. The van der Waals surface area contributed by atoms with Crippen LogP contribution in [0.3, 0.4) is 0 Å². The van der Waals surface area contributed by atoms with Gasteiger partial charge < -0.3 is 19.6 Å². The van der Waals surface area contributed by atoms with E-state index < -0.39 is 24.5 Å². The molecule has 0 aliphatic heterocycles. The van der Waals surface area contributed by atoms with Gasteiger partial charge in [0.15, 0.2) is 6.61 Å². The first-order chi connectivity index (χ1) is 13.0. The van der Waals surface area contributed by atoms with E-state index in [1.165, 1.54) is 12.3 Å². The third kappa shape index (κ3) is 4.43. The Balaban J connectivity index is 1.52. The zero-order valence-electron chi connectivity index (χ0n) is 14.1. The van der Waals surface area contributed by atoms with Crippen molar-refractivity contribution in [2.24, 2.45) is 0 Å². The quantitative estimate of drug-likeness (QED) is 0.595. The van der Waals surface area contributed by atoms with Gasteiger partial charge in [-0.1, -0.05) is 30.3 Å². The Bertz CT molecular complexity index is 981. The van der Waals surface area contributed by atoms with Gasteiger partial charge in [0, 0.05) is 5.39 Å². The minimum Gasteiger partial charge on any atom is -0.506 e. The first-order valence-corrected chi connectivity index (χ1v) is 8.02. The topological polar surface area (TPSA) is 118 Å². The molecule has 0 radical (unpaired) electrons. The molecule has 27 heavy (non-hydrogen) atoms. The number of nitrogens with one attached hydrogen (secondary N) is 2. The molecular formula is C19H16N2O6. The number of fused-ring (bicyclic) bond motifs is 1. The van der Waals surface area contributed by atoms with Gasteiger partial charge in [0.05, 0.1) is 12.8 Å². The number of phenols is 1. The monoisotopic (exact) mass is 368 g/mol. The van der Waals surface area contributed by atoms with E-state index >= 15 is 0 Å². The lowest BCUT2D eigenvalue weighted by Gasteiger charge is -2.09. The van der Waals surface area contributed by atoms with Crippen molar-refractivity contribution in [3.63, 3.8) is 0 Å². The van der Waals surface area contributed by atoms with Crippen LogP contribution in [0.1, 0.15) is 16.1 Å². The average Bonchev–Trinajstić information content (AvgIpc) is 3.19. The van der Waals surface area contributed by atoms with Gasteiger partial charge in [-0.15, -0.1) is 0 Å². The van der Waals surface area contributed by atoms with E-state index in [2.05, 4.69) is 5.32 Å². The highest BCUT2D eigenvalue weighted by atomic mass is 16.5. The van der Waals surface area contributed by atoms with Crippen LogP contribution in [-0.2, 0) is 16.1 Å². The number of ether oxygens (including phenoxy) is 1. The smallest absolute Gasteiger partial charge is 0.342 e. The molecule has 0 aliphatic carbocycles. The van der Waals surface area contributed by atoms with Crippen LogP contribution in [0.4, 0.5) is 4.79 Å². The normalized spacial score (nSPS) is 10.4. The Morgan fingerprint density at radius 3 is 2.63 bits per heavy atom. The maximum absolute atomic E-state index is 12.1. The van der Waals surface area contributed by atoms with Gasteiger partial charge in [-0.25, -0.2) is 9.59 Å². The van der Waals surface area contributed by atoms with E-state index in [-0.39, 0.29) is 17.9 Å². The van der Waals surface area contributed by atoms with Crippen molar-refractivity contribution in [3.8, 4) is 5.75 Å². The Labute approximate surface area is 153 Å². The molecule has 8 nitrogen and oxygen atoms in total. The van der Waals surface area contributed by atoms with Crippen molar-refractivity contribution < 1.29 is 28.6 Å². The number of carbonyl (C=O) groups excluding carboxylic acids is 3. The molecule has 1 aromatic heterocycles. The third-order valence-corrected chi connectivity index (χ3v) is 3.71. The molecule has 0 spiro atoms. The molecule has 3 rings (SSSR count). The van der Waals surface area contributed by atoms with Crippen molar-refractivity contribution in [2.75, 3.05) is 6.61 Å². The Morgan fingerprint density at radius 2 is 1.85 bits per heavy atom. The van der Waals surface area contributed by atoms with Crippen molar-refractivity contribution >= 4 is 28.7 Å². The molecule has 0 saturated carbocycles. The lowest BCUT2D eigenvalue weighted by Crippen LogP contribution is -2.41. The van der Waals surface area contributed by atoms with E-state index in [9.17, 15) is 19.5 Å². The predicted molar refractivity (Wildman–Crippen MR) is 95.0 cm³/mol. The van der Waals surface area contributed by atoms with Crippen LogP contribution in [0, 0.1) is 0 Å². The molecule has 3 amide bonds. The van der Waals surface area contributed by atoms with Gasteiger partial charge in [-0.3, -0.25) is 10.1 Å². The van der Waals surface area contributed by atoms with E-state index in [1.807, 2.05) is 5.32 Å². The van der Waals surface area contributed by atoms with Crippen LogP contribution in [-0.4, -0.2) is 29.6 Å². The van der Waals surface area contributed by atoms with Gasteiger partial charge >= 0.3 is 12.0 Å². The number of carbonyl (C=O) groups is 3. The highest BCUT2D eigenvalue weighted by molar-refractivity contribution is 6.02. The summed E-state index contributed by atoms with van der Waals surface area (Å²) in [4.78, 5) is 35.4. The highest BCUT2D eigenvalue weighted by Gasteiger charge is 2.17. The standard InChI is InChI=1S/C19H16N2O6/c22-16(21-19(25)20-10-13-5-3-9-26-13)11-27-18(24)15-8-7-12-4-1-2-6-14(12)17(15)23/h1-9,23H,10-11H2,(H2,20,21,22,25). The van der Waals surface area contributed by atoms with Gasteiger partial charge in [0.2, 0.25) is 0 Å². The Kier molecular flexibility index (Phi) is 5.36. The molecule has 3 N–H and O–H groups in total. The largest absolute Gasteiger partial charge is 0.506 e. The van der Waals surface area contributed by atoms with Crippen LogP contribution < -0.4 is 10.6 Å². The van der Waals surface area contributed by atoms with Gasteiger partial charge in [0.25, 0.3) is 5.91 Å². The van der Waals surface area contributed by atoms with E-state index in [1.54, 1.807) is 42.5 Å². The average molecular weight is 368 g/mol. The second kappa shape index (κ2) is 8.05. The summed E-state index contributed by atoms with van der Waals surface area (Å²) in [5, 5.41) is 15.9. The summed E-state index contributed by atoms with van der Waals surface area (Å²) < 4.78 is 9.90. The minimum absolute atomic E-state index is 0.0660. The summed E-state index contributed by atoms with van der Waals surface area (Å²) in [5.41, 5.74) is -0.0660. The molecule has 0 bridgehead atoms. The SMILES string of the molecule is O=C(COC(=O)c1ccc2ccccc2c1O)NC(=O)NCc1ccco1. The second-order valence-electron chi connectivity index (χ2n) is 5.57. The lowest BCUT2D eigenvalue weighted by molar-refractivity contribution is -0.123. The molecule has 0 unspecified atom stereocenters. The molecule has 0 aliphatic rings. The van der Waals surface area contributed by atoms with Gasteiger partial charge in [-0.2, -0.15) is 0 Å². The van der Waals surface area contributed by atoms with Gasteiger partial charge in [-0.05, 0) is 23.6 Å². The molecule has 138 valence electrons. The molecule has 8 heteroatoms. The third-order valence-electron chi connectivity index (χ3n) is 3.71. The second-order valence-corrected chi connectivity index (χ2v) is 5.57. The molecule has 0 atom stereocenters. The fourth-order valence-electron chi connectivity index (χ4n) is 2.42. The number of imide groups is 1. The number of amides is 3. The lowest BCUT2D eigenvalue weighted by atomic mass is 10.1. The Morgan fingerprint density at radius 1 is 1.04 bits per heavy atom. The molecule has 2 aromatic carbocycles. The molecule has 0 saturated heterocycles. The fraction of sp³-hybridized carbons (Fsp3) is 0.105. The van der Waals surface area contributed by atoms with Crippen molar-refractivity contribution in [1.82, 2.24) is 10.6 Å². The zero-order valence-corrected chi connectivity index (χ0v) is 14.1. The first kappa shape index (κ1) is 18.0. The predicted octanol–water partition coefficient (Wildman–Crippen LogP) is 2.32. The summed E-state index contributed by atoms with van der Waals surface area (Å²) in [6, 6.07) is 12.6. The number of hydrogen-bond donors (Lipinski definition) is 3. The Hall–Kier alpha value is -3.81. The van der Waals surface area contributed by atoms with Crippen molar-refractivity contribution in [1.29, 1.82) is 0 Å². The van der Waals surface area contributed by atoms with E-state index in [0.29, 0.717) is 11.1 Å². The molecular weight excluding hydrogens is 352 g/mol. The summed E-state index contributed by atoms with van der Waals surface area (Å²) >= 11 is 0. The molecule has 0 fully saturated rings. The van der Waals surface area contributed by atoms with Crippen molar-refractivity contribution in [2.45, 2.75) is 6.54 Å². The minimum atomic E-state index is -0.871. The zero-order chi connectivity index (χ0) is 19.2. The number of rotatable bonds is 5. The summed E-state index contributed by atoms with van der Waals surface area (Å²) in [6.45, 7) is -0.559. The number of hydrogen-bond acceptors (Lipinski definition) is 6. The number of esters is 1.